The first-order valence-electron chi connectivity index (χ1n) is 14.8. The quantitative estimate of drug-likeness (QED) is 0.134. The normalized spacial score (nSPS) is 15.5. The summed E-state index contributed by atoms with van der Waals surface area (Å²) in [5.41, 5.74) is 5.14. The van der Waals surface area contributed by atoms with Gasteiger partial charge in [0, 0.05) is 36.0 Å². The summed E-state index contributed by atoms with van der Waals surface area (Å²) in [5.74, 6) is 0.268. The van der Waals surface area contributed by atoms with Gasteiger partial charge < -0.3 is 10.1 Å². The van der Waals surface area contributed by atoms with E-state index in [4.69, 9.17) is 9.84 Å². The predicted octanol–water partition coefficient (Wildman–Crippen LogP) is 6.45. The fourth-order valence-corrected chi connectivity index (χ4v) is 6.14. The summed E-state index contributed by atoms with van der Waals surface area (Å²) in [6.07, 6.45) is 4.21. The lowest BCUT2D eigenvalue weighted by Gasteiger charge is -2.15. The van der Waals surface area contributed by atoms with Gasteiger partial charge in [0.1, 0.15) is 16.7 Å². The number of amides is 2. The minimum atomic E-state index is -0.622. The van der Waals surface area contributed by atoms with Crippen LogP contribution >= 0.6 is 11.8 Å². The third-order valence-corrected chi connectivity index (χ3v) is 8.55. The highest BCUT2D eigenvalue weighted by molar-refractivity contribution is 8.15. The van der Waals surface area contributed by atoms with E-state index in [9.17, 15) is 9.59 Å². The van der Waals surface area contributed by atoms with Gasteiger partial charge in [-0.3, -0.25) is 14.5 Å². The number of amidine groups is 1. The zero-order valence-corrected chi connectivity index (χ0v) is 26.0. The molecular formula is C36H32N6O3S. The Morgan fingerprint density at radius 3 is 2.30 bits per heavy atom. The Hall–Kier alpha value is -5.48. The van der Waals surface area contributed by atoms with Gasteiger partial charge in [0.2, 0.25) is 11.8 Å². The molecule has 2 amide bonds. The highest BCUT2D eigenvalue weighted by Crippen LogP contribution is 2.31. The number of carbonyl (C=O) groups excluding carboxylic acids is 2. The molecule has 1 unspecified atom stereocenters. The fourth-order valence-electron chi connectivity index (χ4n) is 5.02. The minimum Gasteiger partial charge on any atom is -0.497 e. The van der Waals surface area contributed by atoms with Gasteiger partial charge in [-0.15, -0.1) is 5.10 Å². The summed E-state index contributed by atoms with van der Waals surface area (Å²) in [5, 5.41) is 16.5. The molecule has 0 aliphatic carbocycles. The highest BCUT2D eigenvalue weighted by Gasteiger charge is 2.39. The molecule has 1 N–H and O–H groups in total. The Morgan fingerprint density at radius 1 is 0.935 bits per heavy atom. The number of carbonyl (C=O) groups is 2. The number of hydrogen-bond acceptors (Lipinski definition) is 7. The lowest BCUT2D eigenvalue weighted by atomic mass is 10.1. The number of hydrogen-bond donors (Lipinski definition) is 1. The van der Waals surface area contributed by atoms with Crippen LogP contribution in [-0.2, 0) is 16.0 Å². The zero-order valence-electron chi connectivity index (χ0n) is 25.2. The number of rotatable bonds is 11. The van der Waals surface area contributed by atoms with Gasteiger partial charge in [-0.2, -0.15) is 10.2 Å². The Bertz CT molecular complexity index is 1840. The molecule has 10 heteroatoms. The standard InChI is InChI=1S/C36H32N6O3S/c1-45-31-19-17-29(18-20-31)38-33(43)23-32-35(44)41(22-21-26-11-5-2-6-12-26)36(46-32)39-37-24-28-25-42(30-15-9-4-10-16-30)40-34(28)27-13-7-3-8-14-27/h2-20,24-25,32H,21-23H2,1H3,(H,38,43)/b37-24+,39-36-. The lowest BCUT2D eigenvalue weighted by Crippen LogP contribution is -2.35. The number of ether oxygens (including phenoxy) is 1. The third kappa shape index (κ3) is 7.41. The number of thioether (sulfide) groups is 1. The van der Waals surface area contributed by atoms with E-state index in [0.29, 0.717) is 29.6 Å². The second kappa shape index (κ2) is 14.5. The van der Waals surface area contributed by atoms with Crippen molar-refractivity contribution in [3.8, 4) is 22.7 Å². The number of para-hydroxylation sites is 1. The van der Waals surface area contributed by atoms with E-state index in [2.05, 4.69) is 15.5 Å². The van der Waals surface area contributed by atoms with Crippen LogP contribution in [0.4, 0.5) is 5.69 Å². The SMILES string of the molecule is COc1ccc(NC(=O)CC2S/C(=N\N=C\c3cn(-c4ccccc4)nc3-c3ccccc3)N(CCc3ccccc3)C2=O)cc1. The molecule has 6 rings (SSSR count). The first-order valence-corrected chi connectivity index (χ1v) is 15.7. The molecule has 46 heavy (non-hydrogen) atoms. The van der Waals surface area contributed by atoms with E-state index in [-0.39, 0.29) is 18.2 Å². The third-order valence-electron chi connectivity index (χ3n) is 7.38. The van der Waals surface area contributed by atoms with Crippen molar-refractivity contribution in [1.29, 1.82) is 0 Å². The number of anilines is 1. The Kier molecular flexibility index (Phi) is 9.65. The van der Waals surface area contributed by atoms with Crippen molar-refractivity contribution in [1.82, 2.24) is 14.7 Å². The molecule has 2 heterocycles. The van der Waals surface area contributed by atoms with Crippen molar-refractivity contribution < 1.29 is 14.3 Å². The number of nitrogens with zero attached hydrogens (tertiary/aromatic N) is 5. The minimum absolute atomic E-state index is 0.00209. The first-order chi connectivity index (χ1) is 22.6. The maximum atomic E-state index is 13.6. The van der Waals surface area contributed by atoms with Gasteiger partial charge in [-0.1, -0.05) is 90.6 Å². The Balaban J connectivity index is 1.24. The molecule has 0 saturated carbocycles. The van der Waals surface area contributed by atoms with Crippen LogP contribution in [0.2, 0.25) is 0 Å². The van der Waals surface area contributed by atoms with Crippen molar-refractivity contribution in [2.45, 2.75) is 18.1 Å². The molecule has 1 aliphatic heterocycles. The molecule has 1 fully saturated rings. The first kappa shape index (κ1) is 30.5. The summed E-state index contributed by atoms with van der Waals surface area (Å²) in [6, 6.07) is 36.8. The van der Waals surface area contributed by atoms with E-state index in [1.54, 1.807) is 42.5 Å². The topological polar surface area (TPSA) is 101 Å². The molecule has 4 aromatic carbocycles. The molecule has 9 nitrogen and oxygen atoms in total. The summed E-state index contributed by atoms with van der Waals surface area (Å²) >= 11 is 1.26. The van der Waals surface area contributed by atoms with Crippen LogP contribution in [-0.4, -0.2) is 56.8 Å². The second-order valence-electron chi connectivity index (χ2n) is 10.5. The Morgan fingerprint density at radius 2 is 1.61 bits per heavy atom. The molecule has 1 saturated heterocycles. The molecule has 0 bridgehead atoms. The lowest BCUT2D eigenvalue weighted by molar-refractivity contribution is -0.128. The van der Waals surface area contributed by atoms with Gasteiger partial charge in [-0.25, -0.2) is 4.68 Å². The van der Waals surface area contributed by atoms with Crippen LogP contribution < -0.4 is 10.1 Å². The van der Waals surface area contributed by atoms with E-state index in [1.807, 2.05) is 102 Å². The van der Waals surface area contributed by atoms with Crippen molar-refractivity contribution >= 4 is 40.6 Å². The largest absolute Gasteiger partial charge is 0.497 e. The van der Waals surface area contributed by atoms with Gasteiger partial charge in [0.05, 0.1) is 19.0 Å². The van der Waals surface area contributed by atoms with Crippen LogP contribution in [0.1, 0.15) is 17.5 Å². The molecular weight excluding hydrogens is 597 g/mol. The molecule has 1 aromatic heterocycles. The van der Waals surface area contributed by atoms with Crippen LogP contribution in [0.3, 0.4) is 0 Å². The van der Waals surface area contributed by atoms with Crippen molar-refractivity contribution in [3.05, 3.63) is 133 Å². The van der Waals surface area contributed by atoms with Crippen LogP contribution in [0.5, 0.6) is 5.75 Å². The van der Waals surface area contributed by atoms with Gasteiger partial charge in [0.15, 0.2) is 5.17 Å². The van der Waals surface area contributed by atoms with E-state index in [1.165, 1.54) is 11.8 Å². The molecule has 1 atom stereocenters. The van der Waals surface area contributed by atoms with Crippen LogP contribution in [0, 0.1) is 0 Å². The molecule has 1 aliphatic rings. The smallest absolute Gasteiger partial charge is 0.242 e. The van der Waals surface area contributed by atoms with E-state index < -0.39 is 5.25 Å². The average Bonchev–Trinajstić information content (AvgIpc) is 3.65. The predicted molar refractivity (Wildman–Crippen MR) is 184 cm³/mol. The van der Waals surface area contributed by atoms with Gasteiger partial charge >= 0.3 is 0 Å². The van der Waals surface area contributed by atoms with Crippen molar-refractivity contribution in [2.75, 3.05) is 19.0 Å². The van der Waals surface area contributed by atoms with E-state index in [0.717, 1.165) is 28.1 Å². The zero-order chi connectivity index (χ0) is 31.7. The molecule has 230 valence electrons. The highest BCUT2D eigenvalue weighted by atomic mass is 32.2. The fraction of sp³-hybridized carbons (Fsp3) is 0.139. The van der Waals surface area contributed by atoms with Crippen LogP contribution in [0.25, 0.3) is 16.9 Å². The van der Waals surface area contributed by atoms with Gasteiger partial charge in [0.25, 0.3) is 0 Å². The summed E-state index contributed by atoms with van der Waals surface area (Å²) < 4.78 is 7.00. The number of methoxy groups -OCH3 is 1. The maximum Gasteiger partial charge on any atom is 0.242 e. The monoisotopic (exact) mass is 628 g/mol. The number of aromatic nitrogens is 2. The number of nitrogens with one attached hydrogen (secondary N) is 1. The molecule has 5 aromatic rings. The number of benzene rings is 4. The Labute approximate surface area is 271 Å². The maximum absolute atomic E-state index is 13.6. The van der Waals surface area contributed by atoms with Crippen LogP contribution in [0.15, 0.2) is 132 Å². The molecule has 0 spiro atoms. The van der Waals surface area contributed by atoms with Crippen molar-refractivity contribution in [3.63, 3.8) is 0 Å². The molecule has 0 radical (unpaired) electrons. The summed E-state index contributed by atoms with van der Waals surface area (Å²) in [4.78, 5) is 28.2. The summed E-state index contributed by atoms with van der Waals surface area (Å²) in [6.45, 7) is 0.419. The van der Waals surface area contributed by atoms with Gasteiger partial charge in [-0.05, 0) is 48.4 Å². The van der Waals surface area contributed by atoms with E-state index >= 15 is 0 Å². The van der Waals surface area contributed by atoms with Crippen molar-refractivity contribution in [2.24, 2.45) is 10.2 Å². The summed E-state index contributed by atoms with van der Waals surface area (Å²) in [7, 11) is 1.59. The average molecular weight is 629 g/mol. The second-order valence-corrected chi connectivity index (χ2v) is 11.7.